The van der Waals surface area contributed by atoms with Gasteiger partial charge in [-0.2, -0.15) is 0 Å². The minimum absolute atomic E-state index is 0.0640. The summed E-state index contributed by atoms with van der Waals surface area (Å²) in [5.41, 5.74) is 3.05. The largest absolute Gasteiger partial charge is 0.332 e. The van der Waals surface area contributed by atoms with Gasteiger partial charge in [0.1, 0.15) is 0 Å². The van der Waals surface area contributed by atoms with Crippen LogP contribution >= 0.6 is 11.8 Å². The number of thioether (sulfide) groups is 1. The average molecular weight is 398 g/mol. The van der Waals surface area contributed by atoms with E-state index in [2.05, 4.69) is 29.4 Å². The van der Waals surface area contributed by atoms with Crippen LogP contribution in [-0.4, -0.2) is 59.8 Å². The molecule has 0 saturated carbocycles. The minimum Gasteiger partial charge on any atom is -0.332 e. The maximum atomic E-state index is 12.8. The standard InChI is InChI=1S/C22H27N3O2S/c1-17-7-6-10-19(13-17)23-21(26)15-28-16-22(27)25-12-11-24(2)14-20(25)18-8-4-3-5-9-18/h3-10,13,20H,11-12,14-16H2,1-2H3,(H,23,26). The number of nitrogens with one attached hydrogen (secondary N) is 1. The number of hydrogen-bond acceptors (Lipinski definition) is 4. The third-order valence-corrected chi connectivity index (χ3v) is 5.77. The Morgan fingerprint density at radius 1 is 1.07 bits per heavy atom. The number of rotatable bonds is 6. The molecule has 0 bridgehead atoms. The fourth-order valence-corrected chi connectivity index (χ4v) is 4.11. The van der Waals surface area contributed by atoms with Crippen molar-refractivity contribution < 1.29 is 9.59 Å². The zero-order chi connectivity index (χ0) is 19.9. The van der Waals surface area contributed by atoms with E-state index in [4.69, 9.17) is 0 Å². The number of amides is 2. The number of anilines is 1. The summed E-state index contributed by atoms with van der Waals surface area (Å²) < 4.78 is 0. The van der Waals surface area contributed by atoms with Gasteiger partial charge in [0, 0.05) is 25.3 Å². The Balaban J connectivity index is 1.52. The summed E-state index contributed by atoms with van der Waals surface area (Å²) in [6, 6.07) is 17.9. The van der Waals surface area contributed by atoms with Gasteiger partial charge in [0.25, 0.3) is 0 Å². The predicted molar refractivity (Wildman–Crippen MR) is 116 cm³/mol. The van der Waals surface area contributed by atoms with Crippen molar-refractivity contribution in [3.05, 3.63) is 65.7 Å². The van der Waals surface area contributed by atoms with Gasteiger partial charge in [-0.05, 0) is 37.2 Å². The monoisotopic (exact) mass is 397 g/mol. The molecule has 1 aliphatic heterocycles. The molecule has 148 valence electrons. The molecule has 1 aliphatic rings. The van der Waals surface area contributed by atoms with E-state index < -0.39 is 0 Å². The van der Waals surface area contributed by atoms with Gasteiger partial charge in [-0.25, -0.2) is 0 Å². The highest BCUT2D eigenvalue weighted by molar-refractivity contribution is 8.00. The zero-order valence-corrected chi connectivity index (χ0v) is 17.2. The number of nitrogens with zero attached hydrogens (tertiary/aromatic N) is 2. The van der Waals surface area contributed by atoms with E-state index in [9.17, 15) is 9.59 Å². The molecule has 28 heavy (non-hydrogen) atoms. The first kappa shape index (κ1) is 20.4. The van der Waals surface area contributed by atoms with Crippen LogP contribution in [0, 0.1) is 6.92 Å². The Morgan fingerprint density at radius 3 is 2.61 bits per heavy atom. The molecule has 1 heterocycles. The summed E-state index contributed by atoms with van der Waals surface area (Å²) >= 11 is 1.37. The molecule has 1 N–H and O–H groups in total. The topological polar surface area (TPSA) is 52.7 Å². The highest BCUT2D eigenvalue weighted by atomic mass is 32.2. The second-order valence-electron chi connectivity index (χ2n) is 7.19. The molecule has 0 spiro atoms. The second kappa shape index (κ2) is 9.75. The number of benzene rings is 2. The molecule has 1 saturated heterocycles. The molecule has 5 nitrogen and oxygen atoms in total. The van der Waals surface area contributed by atoms with Gasteiger partial charge in [-0.3, -0.25) is 9.59 Å². The van der Waals surface area contributed by atoms with Crippen LogP contribution < -0.4 is 5.32 Å². The minimum atomic E-state index is -0.0820. The van der Waals surface area contributed by atoms with Crippen LogP contribution in [0.5, 0.6) is 0 Å². The van der Waals surface area contributed by atoms with E-state index in [1.54, 1.807) is 0 Å². The molecule has 1 unspecified atom stereocenters. The lowest BCUT2D eigenvalue weighted by Gasteiger charge is -2.40. The molecular weight excluding hydrogens is 370 g/mol. The van der Waals surface area contributed by atoms with Crippen molar-refractivity contribution in [1.82, 2.24) is 9.80 Å². The van der Waals surface area contributed by atoms with Crippen molar-refractivity contribution >= 4 is 29.3 Å². The third kappa shape index (κ3) is 5.59. The van der Waals surface area contributed by atoms with E-state index >= 15 is 0 Å². The lowest BCUT2D eigenvalue weighted by molar-refractivity contribution is -0.133. The molecule has 1 fully saturated rings. The maximum Gasteiger partial charge on any atom is 0.234 e. The molecule has 6 heteroatoms. The van der Waals surface area contributed by atoms with E-state index in [0.29, 0.717) is 12.3 Å². The SMILES string of the molecule is Cc1cccc(NC(=O)CSCC(=O)N2CCN(C)CC2c2ccccc2)c1. The van der Waals surface area contributed by atoms with Crippen molar-refractivity contribution in [3.8, 4) is 0 Å². The third-order valence-electron chi connectivity index (χ3n) is 4.85. The van der Waals surface area contributed by atoms with Crippen LogP contribution in [0.25, 0.3) is 0 Å². The lowest BCUT2D eigenvalue weighted by atomic mass is 10.0. The Bertz CT molecular complexity index is 812. The Labute approximate surface area is 171 Å². The van der Waals surface area contributed by atoms with Crippen molar-refractivity contribution in [2.75, 3.05) is 43.5 Å². The smallest absolute Gasteiger partial charge is 0.234 e. The van der Waals surface area contributed by atoms with Gasteiger partial charge in [0.2, 0.25) is 11.8 Å². The Kier molecular flexibility index (Phi) is 7.12. The number of likely N-dealkylation sites (N-methyl/N-ethyl adjacent to an activating group) is 1. The van der Waals surface area contributed by atoms with Crippen molar-refractivity contribution in [2.45, 2.75) is 13.0 Å². The van der Waals surface area contributed by atoms with Gasteiger partial charge in [0.05, 0.1) is 17.5 Å². The Hall–Kier alpha value is -2.31. The first-order valence-corrected chi connectivity index (χ1v) is 10.7. The summed E-state index contributed by atoms with van der Waals surface area (Å²) in [6.45, 7) is 4.40. The molecule has 0 radical (unpaired) electrons. The maximum absolute atomic E-state index is 12.8. The molecule has 1 atom stereocenters. The van der Waals surface area contributed by atoms with E-state index in [1.165, 1.54) is 11.8 Å². The average Bonchev–Trinajstić information content (AvgIpc) is 2.68. The van der Waals surface area contributed by atoms with Crippen molar-refractivity contribution in [1.29, 1.82) is 0 Å². The highest BCUT2D eigenvalue weighted by Crippen LogP contribution is 2.25. The lowest BCUT2D eigenvalue weighted by Crippen LogP contribution is -2.49. The Morgan fingerprint density at radius 2 is 1.86 bits per heavy atom. The normalized spacial score (nSPS) is 17.4. The van der Waals surface area contributed by atoms with Crippen molar-refractivity contribution in [2.24, 2.45) is 0 Å². The van der Waals surface area contributed by atoms with Crippen LogP contribution in [0.15, 0.2) is 54.6 Å². The summed E-state index contributed by atoms with van der Waals surface area (Å²) in [5, 5.41) is 2.89. The summed E-state index contributed by atoms with van der Waals surface area (Å²) in [6.07, 6.45) is 0. The number of hydrogen-bond donors (Lipinski definition) is 1. The molecule has 0 aromatic heterocycles. The van der Waals surface area contributed by atoms with Crippen LogP contribution in [0.2, 0.25) is 0 Å². The molecule has 2 aromatic carbocycles. The first-order chi connectivity index (χ1) is 13.5. The van der Waals surface area contributed by atoms with Gasteiger partial charge in [0.15, 0.2) is 0 Å². The zero-order valence-electron chi connectivity index (χ0n) is 16.4. The van der Waals surface area contributed by atoms with E-state index in [0.717, 1.165) is 29.9 Å². The molecule has 0 aliphatic carbocycles. The second-order valence-corrected chi connectivity index (χ2v) is 8.17. The highest BCUT2D eigenvalue weighted by Gasteiger charge is 2.29. The predicted octanol–water partition coefficient (Wildman–Crippen LogP) is 3.18. The molecular formula is C22H27N3O2S. The van der Waals surface area contributed by atoms with Gasteiger partial charge < -0.3 is 15.1 Å². The first-order valence-electron chi connectivity index (χ1n) is 9.50. The van der Waals surface area contributed by atoms with Crippen LogP contribution in [-0.2, 0) is 9.59 Å². The van der Waals surface area contributed by atoms with Gasteiger partial charge in [-0.1, -0.05) is 42.5 Å². The molecule has 2 amide bonds. The van der Waals surface area contributed by atoms with Crippen molar-refractivity contribution in [3.63, 3.8) is 0 Å². The number of carbonyl (C=O) groups excluding carboxylic acids is 2. The van der Waals surface area contributed by atoms with Crippen LogP contribution in [0.4, 0.5) is 5.69 Å². The van der Waals surface area contributed by atoms with E-state index in [-0.39, 0.29) is 23.6 Å². The molecule has 2 aromatic rings. The van der Waals surface area contributed by atoms with Crippen LogP contribution in [0.3, 0.4) is 0 Å². The van der Waals surface area contributed by atoms with E-state index in [1.807, 2.05) is 54.3 Å². The summed E-state index contributed by atoms with van der Waals surface area (Å²) in [4.78, 5) is 29.2. The van der Waals surface area contributed by atoms with Crippen LogP contribution in [0.1, 0.15) is 17.2 Å². The fraction of sp³-hybridized carbons (Fsp3) is 0.364. The quantitative estimate of drug-likeness (QED) is 0.813. The summed E-state index contributed by atoms with van der Waals surface area (Å²) in [7, 11) is 2.09. The summed E-state index contributed by atoms with van der Waals surface area (Å²) in [5.74, 6) is 0.592. The fourth-order valence-electron chi connectivity index (χ4n) is 3.41. The number of carbonyl (C=O) groups is 2. The van der Waals surface area contributed by atoms with Gasteiger partial charge >= 0.3 is 0 Å². The number of piperazine rings is 1. The molecule has 3 rings (SSSR count). The number of aryl methyl sites for hydroxylation is 1. The van der Waals surface area contributed by atoms with Gasteiger partial charge in [-0.15, -0.1) is 11.8 Å².